The van der Waals surface area contributed by atoms with Crippen molar-refractivity contribution >= 4 is 6.09 Å². The first-order valence-corrected chi connectivity index (χ1v) is 3.57. The van der Waals surface area contributed by atoms with E-state index in [-0.39, 0.29) is 18.6 Å². The van der Waals surface area contributed by atoms with E-state index in [4.69, 9.17) is 5.11 Å². The van der Waals surface area contributed by atoms with Crippen LogP contribution in [0.3, 0.4) is 0 Å². The van der Waals surface area contributed by atoms with Crippen LogP contribution in [0.4, 0.5) is 4.79 Å². The second kappa shape index (κ2) is 4.96. The lowest BCUT2D eigenvalue weighted by Crippen LogP contribution is -2.38. The zero-order valence-electron chi connectivity index (χ0n) is 7.13. The molecule has 0 saturated heterocycles. The van der Waals surface area contributed by atoms with E-state index in [9.17, 15) is 4.79 Å². The van der Waals surface area contributed by atoms with Crippen LogP contribution >= 0.6 is 0 Å². The highest BCUT2D eigenvalue weighted by Crippen LogP contribution is 2.00. The van der Waals surface area contributed by atoms with Gasteiger partial charge >= 0.3 is 6.09 Å². The number of aliphatic hydroxyl groups excluding tert-OH is 1. The van der Waals surface area contributed by atoms with Gasteiger partial charge < -0.3 is 15.2 Å². The predicted octanol–water partition coefficient (Wildman–Crippen LogP) is 0.359. The van der Waals surface area contributed by atoms with Crippen LogP contribution in [0.1, 0.15) is 13.8 Å². The largest absolute Gasteiger partial charge is 0.453 e. The van der Waals surface area contributed by atoms with Crippen LogP contribution in [-0.2, 0) is 4.74 Å². The molecule has 1 amide bonds. The summed E-state index contributed by atoms with van der Waals surface area (Å²) in [5.41, 5.74) is 0. The fraction of sp³-hybridized carbons (Fsp3) is 0.857. The van der Waals surface area contributed by atoms with Gasteiger partial charge in [-0.25, -0.2) is 4.79 Å². The van der Waals surface area contributed by atoms with Gasteiger partial charge in [0.2, 0.25) is 0 Å². The Labute approximate surface area is 66.5 Å². The molecule has 0 spiro atoms. The maximum absolute atomic E-state index is 10.6. The van der Waals surface area contributed by atoms with E-state index in [0.717, 1.165) is 0 Å². The van der Waals surface area contributed by atoms with Gasteiger partial charge in [-0.3, -0.25) is 0 Å². The van der Waals surface area contributed by atoms with E-state index in [2.05, 4.69) is 10.1 Å². The second-order valence-corrected chi connectivity index (χ2v) is 2.58. The molecule has 0 unspecified atom stereocenters. The summed E-state index contributed by atoms with van der Waals surface area (Å²) in [7, 11) is 1.31. The molecule has 0 aliphatic heterocycles. The Kier molecular flexibility index (Phi) is 4.61. The van der Waals surface area contributed by atoms with Gasteiger partial charge in [0.25, 0.3) is 0 Å². The Bertz CT molecular complexity index is 127. The molecule has 11 heavy (non-hydrogen) atoms. The topological polar surface area (TPSA) is 58.6 Å². The van der Waals surface area contributed by atoms with E-state index < -0.39 is 6.09 Å². The molecule has 2 N–H and O–H groups in total. The quantitative estimate of drug-likeness (QED) is 0.628. The normalized spacial score (nSPS) is 15.3. The molecule has 0 aromatic heterocycles. The molecule has 0 aromatic carbocycles. The molecule has 0 aromatic rings. The Morgan fingerprint density at radius 2 is 2.18 bits per heavy atom. The number of hydrogen-bond acceptors (Lipinski definition) is 3. The SMILES string of the molecule is COC(=O)N[C@@H](C)[C@@H](C)CO. The molecule has 4 nitrogen and oxygen atoms in total. The van der Waals surface area contributed by atoms with Gasteiger partial charge in [-0.05, 0) is 12.8 Å². The van der Waals surface area contributed by atoms with Crippen molar-refractivity contribution in [2.75, 3.05) is 13.7 Å². The van der Waals surface area contributed by atoms with Crippen molar-refractivity contribution in [3.63, 3.8) is 0 Å². The zero-order chi connectivity index (χ0) is 8.85. The molecule has 0 radical (unpaired) electrons. The van der Waals surface area contributed by atoms with Crippen LogP contribution in [0.2, 0.25) is 0 Å². The summed E-state index contributed by atoms with van der Waals surface area (Å²) in [6, 6.07) is -0.0625. The summed E-state index contributed by atoms with van der Waals surface area (Å²) >= 11 is 0. The molecule has 0 heterocycles. The van der Waals surface area contributed by atoms with Gasteiger partial charge in [0.1, 0.15) is 0 Å². The van der Waals surface area contributed by atoms with E-state index in [1.165, 1.54) is 7.11 Å². The van der Waals surface area contributed by atoms with Crippen LogP contribution in [-0.4, -0.2) is 31.0 Å². The third kappa shape index (κ3) is 3.83. The summed E-state index contributed by atoms with van der Waals surface area (Å²) < 4.78 is 4.38. The number of carbonyl (C=O) groups excluding carboxylic acids is 1. The highest BCUT2D eigenvalue weighted by atomic mass is 16.5. The fourth-order valence-electron chi connectivity index (χ4n) is 0.545. The number of aliphatic hydroxyl groups is 1. The zero-order valence-corrected chi connectivity index (χ0v) is 7.13. The van der Waals surface area contributed by atoms with Crippen molar-refractivity contribution in [3.05, 3.63) is 0 Å². The van der Waals surface area contributed by atoms with Gasteiger partial charge in [-0.15, -0.1) is 0 Å². The number of ether oxygens (including phenoxy) is 1. The number of methoxy groups -OCH3 is 1. The van der Waals surface area contributed by atoms with E-state index in [1.54, 1.807) is 0 Å². The van der Waals surface area contributed by atoms with Crippen LogP contribution in [0.25, 0.3) is 0 Å². The molecule has 4 heteroatoms. The van der Waals surface area contributed by atoms with E-state index >= 15 is 0 Å². The molecular weight excluding hydrogens is 146 g/mol. The van der Waals surface area contributed by atoms with Crippen LogP contribution < -0.4 is 5.32 Å². The van der Waals surface area contributed by atoms with Crippen molar-refractivity contribution in [1.82, 2.24) is 5.32 Å². The lowest BCUT2D eigenvalue weighted by atomic mass is 10.1. The summed E-state index contributed by atoms with van der Waals surface area (Å²) in [4.78, 5) is 10.6. The highest BCUT2D eigenvalue weighted by Gasteiger charge is 2.13. The number of amides is 1. The minimum Gasteiger partial charge on any atom is -0.453 e. The standard InChI is InChI=1S/C7H15NO3/c1-5(4-9)6(2)8-7(10)11-3/h5-6,9H,4H2,1-3H3,(H,8,10)/t5-,6-/m0/s1. The second-order valence-electron chi connectivity index (χ2n) is 2.58. The number of rotatable bonds is 3. The average Bonchev–Trinajstić information content (AvgIpc) is 2.02. The molecule has 0 aliphatic rings. The third-order valence-corrected chi connectivity index (χ3v) is 1.67. The van der Waals surface area contributed by atoms with Gasteiger partial charge in [0.05, 0.1) is 7.11 Å². The molecule has 0 bridgehead atoms. The minimum atomic E-state index is -0.460. The molecule has 0 aliphatic carbocycles. The molecule has 0 rings (SSSR count). The van der Waals surface area contributed by atoms with Crippen molar-refractivity contribution in [2.24, 2.45) is 5.92 Å². The molecule has 0 fully saturated rings. The molecule has 0 saturated carbocycles. The Morgan fingerprint density at radius 1 is 1.64 bits per heavy atom. The number of carbonyl (C=O) groups is 1. The predicted molar refractivity (Wildman–Crippen MR) is 41.3 cm³/mol. The Hall–Kier alpha value is -0.770. The summed E-state index contributed by atoms with van der Waals surface area (Å²) in [6.45, 7) is 3.73. The van der Waals surface area contributed by atoms with Crippen molar-refractivity contribution < 1.29 is 14.6 Å². The van der Waals surface area contributed by atoms with Crippen LogP contribution in [0.5, 0.6) is 0 Å². The third-order valence-electron chi connectivity index (χ3n) is 1.67. The van der Waals surface area contributed by atoms with Crippen molar-refractivity contribution in [1.29, 1.82) is 0 Å². The van der Waals surface area contributed by atoms with Gasteiger partial charge in [-0.1, -0.05) is 6.92 Å². The lowest BCUT2D eigenvalue weighted by Gasteiger charge is -2.17. The number of hydrogen-bond donors (Lipinski definition) is 2. The fourth-order valence-corrected chi connectivity index (χ4v) is 0.545. The summed E-state index contributed by atoms with van der Waals surface area (Å²) in [5, 5.41) is 11.3. The van der Waals surface area contributed by atoms with E-state index in [1.807, 2.05) is 13.8 Å². The van der Waals surface area contributed by atoms with Crippen molar-refractivity contribution in [2.45, 2.75) is 19.9 Å². The van der Waals surface area contributed by atoms with E-state index in [0.29, 0.717) is 0 Å². The first kappa shape index (κ1) is 10.2. The summed E-state index contributed by atoms with van der Waals surface area (Å²) in [5.74, 6) is 0.0501. The monoisotopic (exact) mass is 161 g/mol. The van der Waals surface area contributed by atoms with Crippen molar-refractivity contribution in [3.8, 4) is 0 Å². The maximum atomic E-state index is 10.6. The van der Waals surface area contributed by atoms with Crippen LogP contribution in [0.15, 0.2) is 0 Å². The average molecular weight is 161 g/mol. The Balaban J connectivity index is 3.67. The minimum absolute atomic E-state index is 0.0501. The molecule has 2 atom stereocenters. The smallest absolute Gasteiger partial charge is 0.407 e. The van der Waals surface area contributed by atoms with Gasteiger partial charge in [0, 0.05) is 12.6 Å². The van der Waals surface area contributed by atoms with Gasteiger partial charge in [-0.2, -0.15) is 0 Å². The maximum Gasteiger partial charge on any atom is 0.407 e. The lowest BCUT2D eigenvalue weighted by molar-refractivity contribution is 0.155. The first-order chi connectivity index (χ1) is 5.11. The summed E-state index contributed by atoms with van der Waals surface area (Å²) in [6.07, 6.45) is -0.460. The highest BCUT2D eigenvalue weighted by molar-refractivity contribution is 5.67. The number of alkyl carbamates (subject to hydrolysis) is 1. The van der Waals surface area contributed by atoms with Crippen LogP contribution in [0, 0.1) is 5.92 Å². The molecular formula is C7H15NO3. The van der Waals surface area contributed by atoms with Gasteiger partial charge in [0.15, 0.2) is 0 Å². The Morgan fingerprint density at radius 3 is 2.55 bits per heavy atom. The molecule has 66 valence electrons. The first-order valence-electron chi connectivity index (χ1n) is 3.57. The number of nitrogens with one attached hydrogen (secondary N) is 1.